The Kier molecular flexibility index (Phi) is 10.7. The minimum absolute atomic E-state index is 0.116. The van der Waals surface area contributed by atoms with E-state index in [4.69, 9.17) is 4.74 Å². The number of ether oxygens (including phenoxy) is 1. The van der Waals surface area contributed by atoms with E-state index in [0.717, 1.165) is 18.4 Å². The maximum atomic E-state index is 12.7. The van der Waals surface area contributed by atoms with Gasteiger partial charge in [0, 0.05) is 18.9 Å². The summed E-state index contributed by atoms with van der Waals surface area (Å²) in [5, 5.41) is 17.8. The molecular weight excluding hydrogens is 462 g/mol. The highest BCUT2D eigenvalue weighted by Gasteiger charge is 2.31. The summed E-state index contributed by atoms with van der Waals surface area (Å²) in [6.45, 7) is 9.45. The Bertz CT molecular complexity index is 889. The van der Waals surface area contributed by atoms with Crippen molar-refractivity contribution in [2.75, 3.05) is 6.54 Å². The highest BCUT2D eigenvalue weighted by atomic mass is 16.6. The summed E-state index contributed by atoms with van der Waals surface area (Å²) >= 11 is 0. The molecule has 0 spiro atoms. The number of benzene rings is 1. The second-order valence-corrected chi connectivity index (χ2v) is 10.9. The number of alkyl carbamates (subject to hydrolysis) is 1. The van der Waals surface area contributed by atoms with E-state index < -0.39 is 29.7 Å². The van der Waals surface area contributed by atoms with Crippen LogP contribution in [0.1, 0.15) is 65.9 Å². The third-order valence-electron chi connectivity index (χ3n) is 6.30. The second-order valence-electron chi connectivity index (χ2n) is 10.9. The Morgan fingerprint density at radius 1 is 1.00 bits per heavy atom. The van der Waals surface area contributed by atoms with E-state index in [2.05, 4.69) is 16.0 Å². The van der Waals surface area contributed by atoms with Crippen LogP contribution >= 0.6 is 0 Å². The lowest BCUT2D eigenvalue weighted by atomic mass is 9.81. The number of carboxylic acid groups (broad SMARTS) is 1. The van der Waals surface area contributed by atoms with Gasteiger partial charge in [-0.05, 0) is 63.9 Å². The van der Waals surface area contributed by atoms with Crippen LogP contribution in [0, 0.1) is 17.8 Å². The summed E-state index contributed by atoms with van der Waals surface area (Å²) in [4.78, 5) is 49.3. The molecule has 9 heteroatoms. The monoisotopic (exact) mass is 503 g/mol. The smallest absolute Gasteiger partial charge is 0.408 e. The van der Waals surface area contributed by atoms with Crippen LogP contribution in [0.4, 0.5) is 4.79 Å². The van der Waals surface area contributed by atoms with Gasteiger partial charge in [0.1, 0.15) is 17.7 Å². The molecular formula is C27H41N3O6. The third kappa shape index (κ3) is 9.87. The van der Waals surface area contributed by atoms with E-state index in [-0.39, 0.29) is 36.0 Å². The van der Waals surface area contributed by atoms with Gasteiger partial charge in [-0.25, -0.2) is 9.59 Å². The lowest BCUT2D eigenvalue weighted by molar-refractivity contribution is -0.142. The summed E-state index contributed by atoms with van der Waals surface area (Å²) in [6, 6.07) is 7.55. The van der Waals surface area contributed by atoms with E-state index in [1.807, 2.05) is 44.2 Å². The molecule has 1 aromatic carbocycles. The molecule has 2 unspecified atom stereocenters. The van der Waals surface area contributed by atoms with Crippen LogP contribution in [-0.2, 0) is 25.5 Å². The van der Waals surface area contributed by atoms with Gasteiger partial charge in [-0.3, -0.25) is 9.59 Å². The number of hydrogen-bond acceptors (Lipinski definition) is 5. The molecule has 0 aliphatic heterocycles. The van der Waals surface area contributed by atoms with E-state index >= 15 is 0 Å². The van der Waals surface area contributed by atoms with E-state index in [0.29, 0.717) is 19.4 Å². The molecule has 0 radical (unpaired) electrons. The van der Waals surface area contributed by atoms with Gasteiger partial charge in [-0.15, -0.1) is 0 Å². The highest BCUT2D eigenvalue weighted by molar-refractivity contribution is 5.86. The van der Waals surface area contributed by atoms with Crippen molar-refractivity contribution in [1.29, 1.82) is 0 Å². The van der Waals surface area contributed by atoms with E-state index in [1.54, 1.807) is 20.8 Å². The standard InChI is InChI=1S/C27H41N3O6/c1-17(2)22(30-26(35)36-27(3,4)5)24(32)28-16-19-11-13-20(14-12-19)23(31)29-21(25(33)34)15-18-9-7-6-8-10-18/h6-10,17,19-22H,11-16H2,1-5H3,(H,28,32)(H,29,31)(H,30,35)(H,33,34). The lowest BCUT2D eigenvalue weighted by Crippen LogP contribution is -2.51. The predicted molar refractivity (Wildman–Crippen MR) is 136 cm³/mol. The minimum atomic E-state index is -1.05. The van der Waals surface area contributed by atoms with Crippen LogP contribution in [0.2, 0.25) is 0 Å². The normalized spacial score (nSPS) is 19.6. The molecule has 1 aliphatic rings. The number of carbonyl (C=O) groups excluding carboxylic acids is 3. The van der Waals surface area contributed by atoms with Gasteiger partial charge in [0.05, 0.1) is 0 Å². The Labute approximate surface area is 213 Å². The number of rotatable bonds is 10. The lowest BCUT2D eigenvalue weighted by Gasteiger charge is -2.30. The summed E-state index contributed by atoms with van der Waals surface area (Å²) in [5.74, 6) is -1.69. The average Bonchev–Trinajstić information content (AvgIpc) is 2.80. The predicted octanol–water partition coefficient (Wildman–Crippen LogP) is 3.27. The first-order valence-corrected chi connectivity index (χ1v) is 12.7. The van der Waals surface area contributed by atoms with Crippen LogP contribution in [0.15, 0.2) is 30.3 Å². The SMILES string of the molecule is CC(C)C(NC(=O)OC(C)(C)C)C(=O)NCC1CCC(C(=O)NC(Cc2ccccc2)C(=O)O)CC1. The molecule has 36 heavy (non-hydrogen) atoms. The zero-order valence-electron chi connectivity index (χ0n) is 22.0. The number of amides is 3. The van der Waals surface area contributed by atoms with Gasteiger partial charge in [-0.2, -0.15) is 0 Å². The van der Waals surface area contributed by atoms with Crippen LogP contribution in [0.3, 0.4) is 0 Å². The van der Waals surface area contributed by atoms with Gasteiger partial charge in [0.2, 0.25) is 11.8 Å². The van der Waals surface area contributed by atoms with Gasteiger partial charge in [0.25, 0.3) is 0 Å². The second kappa shape index (κ2) is 13.3. The van der Waals surface area contributed by atoms with E-state index in [1.165, 1.54) is 0 Å². The fourth-order valence-electron chi connectivity index (χ4n) is 4.29. The Morgan fingerprint density at radius 3 is 2.14 bits per heavy atom. The Morgan fingerprint density at radius 2 is 1.61 bits per heavy atom. The molecule has 1 fully saturated rings. The molecule has 0 aromatic heterocycles. The van der Waals surface area contributed by atoms with Gasteiger partial charge in [-0.1, -0.05) is 44.2 Å². The summed E-state index contributed by atoms with van der Waals surface area (Å²) in [5.41, 5.74) is 0.199. The van der Waals surface area contributed by atoms with Crippen molar-refractivity contribution in [3.8, 4) is 0 Å². The zero-order valence-corrected chi connectivity index (χ0v) is 22.0. The van der Waals surface area contributed by atoms with Crippen LogP contribution in [0.5, 0.6) is 0 Å². The number of carbonyl (C=O) groups is 4. The first kappa shape index (κ1) is 29.1. The molecule has 1 saturated carbocycles. The number of aliphatic carboxylic acids is 1. The third-order valence-corrected chi connectivity index (χ3v) is 6.30. The fraction of sp³-hybridized carbons (Fsp3) is 0.630. The van der Waals surface area contributed by atoms with Crippen molar-refractivity contribution in [1.82, 2.24) is 16.0 Å². The molecule has 9 nitrogen and oxygen atoms in total. The minimum Gasteiger partial charge on any atom is -0.480 e. The van der Waals surface area contributed by atoms with Gasteiger partial charge < -0.3 is 25.8 Å². The number of hydrogen-bond donors (Lipinski definition) is 4. The molecule has 1 aliphatic carbocycles. The first-order chi connectivity index (χ1) is 16.9. The van der Waals surface area contributed by atoms with Gasteiger partial charge in [0.15, 0.2) is 0 Å². The van der Waals surface area contributed by atoms with Crippen molar-refractivity contribution >= 4 is 23.9 Å². The number of carboxylic acids is 1. The molecule has 0 heterocycles. The van der Waals surface area contributed by atoms with Crippen molar-refractivity contribution in [2.24, 2.45) is 17.8 Å². The van der Waals surface area contributed by atoms with Crippen molar-refractivity contribution in [3.05, 3.63) is 35.9 Å². The summed E-state index contributed by atoms with van der Waals surface area (Å²) in [7, 11) is 0. The quantitative estimate of drug-likeness (QED) is 0.387. The molecule has 2 atom stereocenters. The van der Waals surface area contributed by atoms with Gasteiger partial charge >= 0.3 is 12.1 Å². The van der Waals surface area contributed by atoms with Crippen molar-refractivity contribution < 1.29 is 29.0 Å². The van der Waals surface area contributed by atoms with Crippen LogP contribution in [0.25, 0.3) is 0 Å². The van der Waals surface area contributed by atoms with E-state index in [9.17, 15) is 24.3 Å². The average molecular weight is 504 g/mol. The van der Waals surface area contributed by atoms with Crippen molar-refractivity contribution in [3.63, 3.8) is 0 Å². The Hall–Kier alpha value is -3.10. The molecule has 0 bridgehead atoms. The Balaban J connectivity index is 1.80. The maximum Gasteiger partial charge on any atom is 0.408 e. The zero-order chi connectivity index (χ0) is 26.9. The topological polar surface area (TPSA) is 134 Å². The molecule has 2 rings (SSSR count). The van der Waals surface area contributed by atoms with Crippen LogP contribution in [-0.4, -0.2) is 53.2 Å². The first-order valence-electron chi connectivity index (χ1n) is 12.7. The maximum absolute atomic E-state index is 12.7. The summed E-state index contributed by atoms with van der Waals surface area (Å²) < 4.78 is 5.27. The summed E-state index contributed by atoms with van der Waals surface area (Å²) in [6.07, 6.45) is 2.37. The molecule has 1 aromatic rings. The molecule has 4 N–H and O–H groups in total. The largest absolute Gasteiger partial charge is 0.480 e. The van der Waals surface area contributed by atoms with Crippen molar-refractivity contribution in [2.45, 2.75) is 84.4 Å². The number of nitrogens with one attached hydrogen (secondary N) is 3. The fourth-order valence-corrected chi connectivity index (χ4v) is 4.29. The molecule has 0 saturated heterocycles. The van der Waals surface area contributed by atoms with Crippen LogP contribution < -0.4 is 16.0 Å². The highest BCUT2D eigenvalue weighted by Crippen LogP contribution is 2.28. The molecule has 3 amide bonds. The molecule has 200 valence electrons.